The summed E-state index contributed by atoms with van der Waals surface area (Å²) in [7, 11) is 0. The molecule has 35 heavy (non-hydrogen) atoms. The summed E-state index contributed by atoms with van der Waals surface area (Å²) in [6.45, 7) is -0.0107. The molecule has 0 spiro atoms. The second kappa shape index (κ2) is 9.09. The van der Waals surface area contributed by atoms with Crippen molar-refractivity contribution >= 4 is 16.8 Å². The number of hydrogen-bond acceptors (Lipinski definition) is 2. The predicted molar refractivity (Wildman–Crippen MR) is 124 cm³/mol. The Balaban J connectivity index is 1.52. The lowest BCUT2D eigenvalue weighted by molar-refractivity contribution is -0.137. The normalized spacial score (nSPS) is 13.7. The van der Waals surface area contributed by atoms with Crippen LogP contribution < -0.4 is 10.1 Å². The lowest BCUT2D eigenvalue weighted by Gasteiger charge is -2.15. The van der Waals surface area contributed by atoms with Crippen LogP contribution in [0.4, 0.5) is 17.6 Å². The Bertz CT molecular complexity index is 1380. The average Bonchev–Trinajstić information content (AvgIpc) is 3.58. The third-order valence-corrected chi connectivity index (χ3v) is 5.99. The fourth-order valence-corrected chi connectivity index (χ4v) is 3.99. The topological polar surface area (TPSA) is 43.3 Å². The predicted octanol–water partition coefficient (Wildman–Crippen LogP) is 6.32. The first-order chi connectivity index (χ1) is 16.8. The standard InChI is InChI=1S/C27H22F4N2O2/c28-24-10-7-20(27(29,30)31)13-19(24)15-33-22(16-35-23-4-2-1-3-5-23)14-18-12-17(6-11-25(18)33)26(34)32-21-8-9-21/h1-7,10-14,21H,8-9,15-16H2,(H,32,34). The van der Waals surface area contributed by atoms with Gasteiger partial charge in [-0.25, -0.2) is 4.39 Å². The molecular formula is C27H22F4N2O2. The highest BCUT2D eigenvalue weighted by atomic mass is 19.4. The van der Waals surface area contributed by atoms with Crippen molar-refractivity contribution in [2.75, 3.05) is 0 Å². The SMILES string of the molecule is O=C(NC1CC1)c1ccc2c(c1)cc(COc1ccccc1)n2Cc1cc(C(F)(F)F)ccc1F. The zero-order chi connectivity index (χ0) is 24.6. The van der Waals surface area contributed by atoms with Crippen LogP contribution in [0.3, 0.4) is 0 Å². The summed E-state index contributed by atoms with van der Waals surface area (Å²) in [6.07, 6.45) is -2.65. The van der Waals surface area contributed by atoms with E-state index < -0.39 is 17.6 Å². The van der Waals surface area contributed by atoms with Crippen molar-refractivity contribution in [3.8, 4) is 5.75 Å². The molecule has 0 aliphatic heterocycles. The molecule has 4 aromatic rings. The smallest absolute Gasteiger partial charge is 0.416 e. The van der Waals surface area contributed by atoms with E-state index in [-0.39, 0.29) is 30.7 Å². The number of nitrogens with zero attached hydrogens (tertiary/aromatic N) is 1. The summed E-state index contributed by atoms with van der Waals surface area (Å²) < 4.78 is 61.9. The van der Waals surface area contributed by atoms with Crippen LogP contribution in [0.1, 0.15) is 40.0 Å². The molecule has 1 aliphatic carbocycles. The molecule has 1 saturated carbocycles. The Kier molecular flexibility index (Phi) is 5.96. The molecule has 180 valence electrons. The molecule has 4 nitrogen and oxygen atoms in total. The number of fused-ring (bicyclic) bond motifs is 1. The molecule has 1 N–H and O–H groups in total. The number of carbonyl (C=O) groups excluding carboxylic acids is 1. The van der Waals surface area contributed by atoms with Crippen molar-refractivity contribution in [1.29, 1.82) is 0 Å². The molecule has 1 fully saturated rings. The highest BCUT2D eigenvalue weighted by molar-refractivity contribution is 5.98. The molecule has 0 radical (unpaired) electrons. The Morgan fingerprint density at radius 2 is 1.77 bits per heavy atom. The van der Waals surface area contributed by atoms with Gasteiger partial charge in [0.1, 0.15) is 18.2 Å². The molecular weight excluding hydrogens is 460 g/mol. The zero-order valence-electron chi connectivity index (χ0n) is 18.6. The molecule has 0 unspecified atom stereocenters. The van der Waals surface area contributed by atoms with Crippen molar-refractivity contribution < 1.29 is 27.1 Å². The second-order valence-electron chi connectivity index (χ2n) is 8.65. The van der Waals surface area contributed by atoms with Gasteiger partial charge in [0.2, 0.25) is 0 Å². The number of halogens is 4. The summed E-state index contributed by atoms with van der Waals surface area (Å²) in [5.41, 5.74) is 0.791. The van der Waals surface area contributed by atoms with Gasteiger partial charge in [0.25, 0.3) is 5.91 Å². The Morgan fingerprint density at radius 1 is 1.00 bits per heavy atom. The average molecular weight is 482 g/mol. The van der Waals surface area contributed by atoms with E-state index in [4.69, 9.17) is 4.74 Å². The van der Waals surface area contributed by atoms with E-state index in [1.54, 1.807) is 34.9 Å². The largest absolute Gasteiger partial charge is 0.487 e. The summed E-state index contributed by atoms with van der Waals surface area (Å²) in [6, 6.07) is 18.7. The minimum atomic E-state index is -4.58. The molecule has 1 aliphatic rings. The third-order valence-electron chi connectivity index (χ3n) is 5.99. The first-order valence-electron chi connectivity index (χ1n) is 11.2. The number of amides is 1. The minimum absolute atomic E-state index is 0.0890. The highest BCUT2D eigenvalue weighted by Gasteiger charge is 2.31. The van der Waals surface area contributed by atoms with Gasteiger partial charge in [-0.2, -0.15) is 13.2 Å². The first kappa shape index (κ1) is 23.0. The van der Waals surface area contributed by atoms with Crippen LogP contribution in [0, 0.1) is 5.82 Å². The maximum Gasteiger partial charge on any atom is 0.416 e. The Hall–Kier alpha value is -3.81. The quantitative estimate of drug-likeness (QED) is 0.313. The fourth-order valence-electron chi connectivity index (χ4n) is 3.99. The van der Waals surface area contributed by atoms with Gasteiger partial charge in [0.15, 0.2) is 0 Å². The van der Waals surface area contributed by atoms with Crippen molar-refractivity contribution in [3.63, 3.8) is 0 Å². The van der Waals surface area contributed by atoms with Crippen LogP contribution >= 0.6 is 0 Å². The number of para-hydroxylation sites is 1. The highest BCUT2D eigenvalue weighted by Crippen LogP contribution is 2.32. The molecule has 0 atom stereocenters. The molecule has 5 rings (SSSR count). The third kappa shape index (κ3) is 5.16. The first-order valence-corrected chi connectivity index (χ1v) is 11.2. The van der Waals surface area contributed by atoms with Crippen LogP contribution in [0.25, 0.3) is 10.9 Å². The molecule has 0 bridgehead atoms. The van der Waals surface area contributed by atoms with Gasteiger partial charge in [-0.05, 0) is 67.4 Å². The van der Waals surface area contributed by atoms with E-state index in [0.717, 1.165) is 31.0 Å². The molecule has 3 aromatic carbocycles. The monoisotopic (exact) mass is 482 g/mol. The Labute approximate surface area is 199 Å². The maximum absolute atomic E-state index is 14.6. The zero-order valence-corrected chi connectivity index (χ0v) is 18.6. The van der Waals surface area contributed by atoms with E-state index >= 15 is 0 Å². The summed E-state index contributed by atoms with van der Waals surface area (Å²) in [4.78, 5) is 12.5. The molecule has 1 aromatic heterocycles. The van der Waals surface area contributed by atoms with Crippen molar-refractivity contribution in [1.82, 2.24) is 9.88 Å². The van der Waals surface area contributed by atoms with Crippen LogP contribution in [0.2, 0.25) is 0 Å². The van der Waals surface area contributed by atoms with Crippen molar-refractivity contribution in [2.45, 2.75) is 38.2 Å². The van der Waals surface area contributed by atoms with Gasteiger partial charge in [-0.15, -0.1) is 0 Å². The molecule has 0 saturated heterocycles. The van der Waals surface area contributed by atoms with Crippen molar-refractivity contribution in [3.05, 3.63) is 101 Å². The van der Waals surface area contributed by atoms with E-state index in [0.29, 0.717) is 27.9 Å². The summed E-state index contributed by atoms with van der Waals surface area (Å²) in [5.74, 6) is -0.276. The number of alkyl halides is 3. The van der Waals surface area contributed by atoms with Gasteiger partial charge < -0.3 is 14.6 Å². The fraction of sp³-hybridized carbons (Fsp3) is 0.222. The number of nitrogens with one attached hydrogen (secondary N) is 1. The van der Waals surface area contributed by atoms with Gasteiger partial charge in [0, 0.05) is 28.1 Å². The summed E-state index contributed by atoms with van der Waals surface area (Å²) in [5, 5.41) is 3.66. The molecule has 1 heterocycles. The number of carbonyl (C=O) groups is 1. The van der Waals surface area contributed by atoms with E-state index in [1.165, 1.54) is 0 Å². The van der Waals surface area contributed by atoms with Crippen LogP contribution in [-0.4, -0.2) is 16.5 Å². The number of hydrogen-bond donors (Lipinski definition) is 1. The summed E-state index contributed by atoms with van der Waals surface area (Å²) >= 11 is 0. The van der Waals surface area contributed by atoms with Crippen LogP contribution in [0.15, 0.2) is 72.8 Å². The van der Waals surface area contributed by atoms with Gasteiger partial charge in [-0.3, -0.25) is 4.79 Å². The van der Waals surface area contributed by atoms with Gasteiger partial charge in [-0.1, -0.05) is 18.2 Å². The van der Waals surface area contributed by atoms with E-state index in [9.17, 15) is 22.4 Å². The number of ether oxygens (including phenoxy) is 1. The number of rotatable bonds is 7. The molecule has 8 heteroatoms. The minimum Gasteiger partial charge on any atom is -0.487 e. The Morgan fingerprint density at radius 3 is 2.49 bits per heavy atom. The van der Waals surface area contributed by atoms with E-state index in [1.807, 2.05) is 24.3 Å². The lowest BCUT2D eigenvalue weighted by atomic mass is 10.1. The molecule has 1 amide bonds. The van der Waals surface area contributed by atoms with Crippen LogP contribution in [0.5, 0.6) is 5.75 Å². The van der Waals surface area contributed by atoms with Gasteiger partial charge in [0.05, 0.1) is 17.8 Å². The van der Waals surface area contributed by atoms with Crippen molar-refractivity contribution in [2.24, 2.45) is 0 Å². The lowest BCUT2D eigenvalue weighted by Crippen LogP contribution is -2.25. The van der Waals surface area contributed by atoms with Gasteiger partial charge >= 0.3 is 6.18 Å². The second-order valence-corrected chi connectivity index (χ2v) is 8.65. The van der Waals surface area contributed by atoms with E-state index in [2.05, 4.69) is 5.32 Å². The number of benzene rings is 3. The number of aromatic nitrogens is 1. The van der Waals surface area contributed by atoms with Crippen LogP contribution in [-0.2, 0) is 19.3 Å². The maximum atomic E-state index is 14.6.